The summed E-state index contributed by atoms with van der Waals surface area (Å²) < 4.78 is 0. The Kier molecular flexibility index (Phi) is 2.44. The molecule has 58 valence electrons. The summed E-state index contributed by atoms with van der Waals surface area (Å²) in [6.07, 6.45) is 0.491. The number of hydrogen-bond acceptors (Lipinski definition) is 3. The van der Waals surface area contributed by atoms with Crippen LogP contribution in [0.4, 0.5) is 0 Å². The molecule has 1 heterocycles. The first kappa shape index (κ1) is 8.01. The van der Waals surface area contributed by atoms with Gasteiger partial charge < -0.3 is 5.11 Å². The van der Waals surface area contributed by atoms with Gasteiger partial charge in [0.25, 0.3) is 0 Å². The fourth-order valence-corrected chi connectivity index (χ4v) is 0.820. The number of aldehydes is 1. The third-order valence-electron chi connectivity index (χ3n) is 1.21. The Hall–Kier alpha value is -1.09. The molecular weight excluding hydrogens is 166 g/mol. The van der Waals surface area contributed by atoms with Crippen molar-refractivity contribution in [2.45, 2.75) is 5.88 Å². The van der Waals surface area contributed by atoms with E-state index in [4.69, 9.17) is 16.7 Å². The molecule has 0 unspecified atom stereocenters. The van der Waals surface area contributed by atoms with Crippen LogP contribution >= 0.6 is 11.6 Å². The van der Waals surface area contributed by atoms with Gasteiger partial charge in [0.15, 0.2) is 6.29 Å². The van der Waals surface area contributed by atoms with E-state index >= 15 is 0 Å². The monoisotopic (exact) mass is 171 g/mol. The van der Waals surface area contributed by atoms with Gasteiger partial charge >= 0.3 is 0 Å². The average molecular weight is 172 g/mol. The second kappa shape index (κ2) is 3.34. The third kappa shape index (κ3) is 1.68. The van der Waals surface area contributed by atoms with Crippen molar-refractivity contribution in [1.29, 1.82) is 0 Å². The number of pyridine rings is 1. The predicted octanol–water partition coefficient (Wildman–Crippen LogP) is 1.34. The Labute approximate surface area is 68.6 Å². The molecular formula is C7H6ClNO2. The Morgan fingerprint density at radius 3 is 2.91 bits per heavy atom. The molecule has 4 heteroatoms. The van der Waals surface area contributed by atoms with Gasteiger partial charge in [-0.05, 0) is 12.1 Å². The molecule has 1 aromatic rings. The maximum absolute atomic E-state index is 10.2. The molecule has 0 bridgehead atoms. The molecule has 0 amide bonds. The molecule has 0 aliphatic heterocycles. The van der Waals surface area contributed by atoms with Gasteiger partial charge in [0.05, 0.1) is 11.6 Å². The SMILES string of the molecule is O=Cc1nc(CCl)ccc1O. The first-order valence-electron chi connectivity index (χ1n) is 2.98. The molecule has 1 N–H and O–H groups in total. The van der Waals surface area contributed by atoms with Crippen LogP contribution < -0.4 is 0 Å². The Balaban J connectivity index is 3.12. The summed E-state index contributed by atoms with van der Waals surface area (Å²) in [5.74, 6) is 0.120. The highest BCUT2D eigenvalue weighted by Crippen LogP contribution is 2.13. The Morgan fingerprint density at radius 2 is 2.36 bits per heavy atom. The van der Waals surface area contributed by atoms with E-state index in [-0.39, 0.29) is 17.3 Å². The van der Waals surface area contributed by atoms with Crippen molar-refractivity contribution >= 4 is 17.9 Å². The molecule has 3 nitrogen and oxygen atoms in total. The van der Waals surface area contributed by atoms with E-state index in [1.54, 1.807) is 6.07 Å². The zero-order valence-electron chi connectivity index (χ0n) is 5.62. The van der Waals surface area contributed by atoms with Crippen LogP contribution in [-0.2, 0) is 5.88 Å². The minimum Gasteiger partial charge on any atom is -0.506 e. The van der Waals surface area contributed by atoms with Crippen LogP contribution in [0, 0.1) is 0 Å². The molecule has 0 fully saturated rings. The van der Waals surface area contributed by atoms with Crippen molar-refractivity contribution in [3.63, 3.8) is 0 Å². The molecule has 0 aliphatic carbocycles. The van der Waals surface area contributed by atoms with E-state index in [1.807, 2.05) is 0 Å². The zero-order chi connectivity index (χ0) is 8.27. The van der Waals surface area contributed by atoms with Crippen molar-refractivity contribution in [2.24, 2.45) is 0 Å². The van der Waals surface area contributed by atoms with Gasteiger partial charge in [-0.2, -0.15) is 0 Å². The summed E-state index contributed by atoms with van der Waals surface area (Å²) in [6.45, 7) is 0. The number of aromatic nitrogens is 1. The number of carbonyl (C=O) groups excluding carboxylic acids is 1. The highest BCUT2D eigenvalue weighted by atomic mass is 35.5. The largest absolute Gasteiger partial charge is 0.506 e. The number of hydrogen-bond donors (Lipinski definition) is 1. The Morgan fingerprint density at radius 1 is 1.64 bits per heavy atom. The maximum atomic E-state index is 10.2. The lowest BCUT2D eigenvalue weighted by Crippen LogP contribution is -1.91. The summed E-state index contributed by atoms with van der Waals surface area (Å²) >= 11 is 5.45. The zero-order valence-corrected chi connectivity index (χ0v) is 6.38. The number of halogens is 1. The van der Waals surface area contributed by atoms with E-state index in [9.17, 15) is 4.79 Å². The van der Waals surface area contributed by atoms with Crippen LogP contribution in [0.25, 0.3) is 0 Å². The van der Waals surface area contributed by atoms with E-state index in [2.05, 4.69) is 4.98 Å². The number of aromatic hydroxyl groups is 1. The molecule has 0 spiro atoms. The fraction of sp³-hybridized carbons (Fsp3) is 0.143. The molecule has 0 aromatic carbocycles. The normalized spacial score (nSPS) is 9.55. The van der Waals surface area contributed by atoms with E-state index < -0.39 is 0 Å². The van der Waals surface area contributed by atoms with Crippen molar-refractivity contribution in [2.75, 3.05) is 0 Å². The second-order valence-corrected chi connectivity index (χ2v) is 2.23. The molecule has 0 atom stereocenters. The van der Waals surface area contributed by atoms with E-state index in [1.165, 1.54) is 6.07 Å². The molecule has 0 saturated carbocycles. The summed E-state index contributed by atoms with van der Waals surface area (Å²) in [7, 11) is 0. The summed E-state index contributed by atoms with van der Waals surface area (Å²) in [5, 5.41) is 8.99. The number of alkyl halides is 1. The lowest BCUT2D eigenvalue weighted by Gasteiger charge is -1.97. The van der Waals surface area contributed by atoms with Gasteiger partial charge in [-0.3, -0.25) is 4.79 Å². The molecule has 1 rings (SSSR count). The molecule has 0 aliphatic rings. The van der Waals surface area contributed by atoms with Crippen LogP contribution in [0.5, 0.6) is 5.75 Å². The summed E-state index contributed by atoms with van der Waals surface area (Å²) in [4.78, 5) is 14.0. The molecule has 1 aromatic heterocycles. The summed E-state index contributed by atoms with van der Waals surface area (Å²) in [6, 6.07) is 2.96. The van der Waals surface area contributed by atoms with Crippen LogP contribution in [0.15, 0.2) is 12.1 Å². The lowest BCUT2D eigenvalue weighted by molar-refractivity contribution is 0.111. The van der Waals surface area contributed by atoms with Crippen LogP contribution in [0.1, 0.15) is 16.2 Å². The fourth-order valence-electron chi connectivity index (χ4n) is 0.671. The topological polar surface area (TPSA) is 50.2 Å². The number of rotatable bonds is 2. The minimum absolute atomic E-state index is 0.0307. The summed E-state index contributed by atoms with van der Waals surface area (Å²) in [5.41, 5.74) is 0.606. The van der Waals surface area contributed by atoms with Crippen molar-refractivity contribution in [1.82, 2.24) is 4.98 Å². The molecule has 0 radical (unpaired) electrons. The smallest absolute Gasteiger partial charge is 0.172 e. The van der Waals surface area contributed by atoms with Crippen LogP contribution in [-0.4, -0.2) is 16.4 Å². The van der Waals surface area contributed by atoms with Gasteiger partial charge in [-0.25, -0.2) is 4.98 Å². The average Bonchev–Trinajstić information content (AvgIpc) is 2.05. The van der Waals surface area contributed by atoms with Crippen molar-refractivity contribution in [3.05, 3.63) is 23.5 Å². The third-order valence-corrected chi connectivity index (χ3v) is 1.48. The van der Waals surface area contributed by atoms with E-state index in [0.29, 0.717) is 12.0 Å². The van der Waals surface area contributed by atoms with Gasteiger partial charge in [0.1, 0.15) is 11.4 Å². The first-order chi connectivity index (χ1) is 5.27. The van der Waals surface area contributed by atoms with Gasteiger partial charge in [0, 0.05) is 0 Å². The highest BCUT2D eigenvalue weighted by molar-refractivity contribution is 6.16. The number of nitrogens with zero attached hydrogens (tertiary/aromatic N) is 1. The quantitative estimate of drug-likeness (QED) is 0.540. The standard InChI is InChI=1S/C7H6ClNO2/c8-3-5-1-2-7(11)6(4-10)9-5/h1-2,4,11H,3H2. The van der Waals surface area contributed by atoms with Crippen molar-refractivity contribution in [3.8, 4) is 5.75 Å². The first-order valence-corrected chi connectivity index (χ1v) is 3.51. The van der Waals surface area contributed by atoms with Crippen LogP contribution in [0.2, 0.25) is 0 Å². The van der Waals surface area contributed by atoms with E-state index in [0.717, 1.165) is 0 Å². The second-order valence-electron chi connectivity index (χ2n) is 1.96. The van der Waals surface area contributed by atoms with Gasteiger partial charge in [-0.1, -0.05) is 0 Å². The Bertz CT molecular complexity index is 275. The van der Waals surface area contributed by atoms with Gasteiger partial charge in [-0.15, -0.1) is 11.6 Å². The molecule has 11 heavy (non-hydrogen) atoms. The predicted molar refractivity (Wildman–Crippen MR) is 40.8 cm³/mol. The minimum atomic E-state index is -0.117. The number of carbonyl (C=O) groups is 1. The van der Waals surface area contributed by atoms with Crippen LogP contribution in [0.3, 0.4) is 0 Å². The lowest BCUT2D eigenvalue weighted by atomic mass is 10.3. The maximum Gasteiger partial charge on any atom is 0.172 e. The highest BCUT2D eigenvalue weighted by Gasteiger charge is 2.01. The van der Waals surface area contributed by atoms with Crippen molar-refractivity contribution < 1.29 is 9.90 Å². The van der Waals surface area contributed by atoms with Gasteiger partial charge in [0.2, 0.25) is 0 Å². The molecule has 0 saturated heterocycles.